The minimum atomic E-state index is -0.673. The lowest BCUT2D eigenvalue weighted by Gasteiger charge is -2.04. The van der Waals surface area contributed by atoms with Gasteiger partial charge in [0.25, 0.3) is 0 Å². The summed E-state index contributed by atoms with van der Waals surface area (Å²) in [5, 5.41) is 8.83. The van der Waals surface area contributed by atoms with Gasteiger partial charge in [-0.2, -0.15) is 5.10 Å². The molecular weight excluding hydrogens is 274 g/mol. The van der Waals surface area contributed by atoms with Crippen LogP contribution in [0.3, 0.4) is 0 Å². The third-order valence-electron chi connectivity index (χ3n) is 2.17. The summed E-state index contributed by atoms with van der Waals surface area (Å²) in [6, 6.07) is 3.24. The summed E-state index contributed by atoms with van der Waals surface area (Å²) >= 11 is 1.00. The molecule has 0 aliphatic rings. The highest BCUT2D eigenvalue weighted by molar-refractivity contribution is 8.00. The maximum Gasteiger partial charge on any atom is 0.230 e. The SMILES string of the molecule is O=C(CSc1ccc(F)cc1F)NCc1ncn[nH]1. The molecule has 2 aromatic rings. The van der Waals surface area contributed by atoms with Crippen molar-refractivity contribution in [3.05, 3.63) is 42.0 Å². The van der Waals surface area contributed by atoms with Crippen LogP contribution in [0.5, 0.6) is 0 Å². The fourth-order valence-corrected chi connectivity index (χ4v) is 2.03. The molecule has 0 saturated heterocycles. The lowest BCUT2D eigenvalue weighted by Crippen LogP contribution is -2.25. The molecule has 19 heavy (non-hydrogen) atoms. The first-order valence-corrected chi connectivity index (χ1v) is 6.32. The van der Waals surface area contributed by atoms with Gasteiger partial charge in [0.05, 0.1) is 12.3 Å². The first kappa shape index (κ1) is 13.5. The smallest absolute Gasteiger partial charge is 0.230 e. The van der Waals surface area contributed by atoms with Gasteiger partial charge in [-0.3, -0.25) is 9.89 Å². The molecule has 0 atom stereocenters. The fourth-order valence-electron chi connectivity index (χ4n) is 1.28. The van der Waals surface area contributed by atoms with Crippen LogP contribution in [0, 0.1) is 11.6 Å². The quantitative estimate of drug-likeness (QED) is 0.816. The van der Waals surface area contributed by atoms with Crippen LogP contribution in [0.2, 0.25) is 0 Å². The van der Waals surface area contributed by atoms with Crippen LogP contribution < -0.4 is 5.32 Å². The minimum absolute atomic E-state index is 0.0384. The van der Waals surface area contributed by atoms with Gasteiger partial charge in [0.15, 0.2) is 0 Å². The van der Waals surface area contributed by atoms with Crippen LogP contribution in [0.1, 0.15) is 5.82 Å². The van der Waals surface area contributed by atoms with E-state index in [1.807, 2.05) is 0 Å². The zero-order valence-electron chi connectivity index (χ0n) is 9.69. The number of halogens is 2. The number of H-pyrrole nitrogens is 1. The predicted molar refractivity (Wildman–Crippen MR) is 65.3 cm³/mol. The van der Waals surface area contributed by atoms with Gasteiger partial charge in [0.1, 0.15) is 23.8 Å². The van der Waals surface area contributed by atoms with Crippen molar-refractivity contribution in [1.82, 2.24) is 20.5 Å². The summed E-state index contributed by atoms with van der Waals surface area (Å²) in [7, 11) is 0. The molecule has 0 fully saturated rings. The summed E-state index contributed by atoms with van der Waals surface area (Å²) < 4.78 is 26.0. The van der Waals surface area contributed by atoms with E-state index in [2.05, 4.69) is 20.5 Å². The van der Waals surface area contributed by atoms with E-state index in [0.29, 0.717) is 5.82 Å². The summed E-state index contributed by atoms with van der Waals surface area (Å²) in [6.45, 7) is 0.227. The number of nitrogens with zero attached hydrogens (tertiary/aromatic N) is 2. The van der Waals surface area contributed by atoms with Crippen LogP contribution in [0.25, 0.3) is 0 Å². The maximum absolute atomic E-state index is 13.3. The monoisotopic (exact) mass is 284 g/mol. The van der Waals surface area contributed by atoms with Crippen molar-refractivity contribution in [2.45, 2.75) is 11.4 Å². The highest BCUT2D eigenvalue weighted by Crippen LogP contribution is 2.21. The second-order valence-electron chi connectivity index (χ2n) is 3.57. The van der Waals surface area contributed by atoms with E-state index in [0.717, 1.165) is 23.9 Å². The number of hydrogen-bond donors (Lipinski definition) is 2. The lowest BCUT2D eigenvalue weighted by atomic mass is 10.3. The van der Waals surface area contributed by atoms with Gasteiger partial charge in [-0.1, -0.05) is 0 Å². The average molecular weight is 284 g/mol. The Hall–Kier alpha value is -1.96. The molecule has 2 rings (SSSR count). The third kappa shape index (κ3) is 4.02. The van der Waals surface area contributed by atoms with E-state index in [1.165, 1.54) is 12.4 Å². The van der Waals surface area contributed by atoms with E-state index in [1.54, 1.807) is 0 Å². The van der Waals surface area contributed by atoms with Crippen molar-refractivity contribution in [3.63, 3.8) is 0 Å². The fraction of sp³-hybridized carbons (Fsp3) is 0.182. The molecule has 0 spiro atoms. The van der Waals surface area contributed by atoms with Crippen LogP contribution in [-0.4, -0.2) is 26.8 Å². The molecule has 0 radical (unpaired) electrons. The van der Waals surface area contributed by atoms with E-state index >= 15 is 0 Å². The van der Waals surface area contributed by atoms with Gasteiger partial charge in [0.2, 0.25) is 5.91 Å². The van der Waals surface area contributed by atoms with Crippen molar-refractivity contribution in [3.8, 4) is 0 Å². The summed E-state index contributed by atoms with van der Waals surface area (Å²) in [4.78, 5) is 15.6. The Balaban J connectivity index is 1.80. The Bertz CT molecular complexity index is 562. The van der Waals surface area contributed by atoms with Crippen LogP contribution in [0.15, 0.2) is 29.4 Å². The number of aromatic nitrogens is 3. The van der Waals surface area contributed by atoms with Gasteiger partial charge in [-0.05, 0) is 12.1 Å². The minimum Gasteiger partial charge on any atom is -0.348 e. The number of nitrogens with one attached hydrogen (secondary N) is 2. The molecule has 1 aromatic heterocycles. The molecule has 2 N–H and O–H groups in total. The summed E-state index contributed by atoms with van der Waals surface area (Å²) in [5.74, 6) is -1.02. The largest absolute Gasteiger partial charge is 0.348 e. The van der Waals surface area contributed by atoms with Crippen LogP contribution in [-0.2, 0) is 11.3 Å². The molecular formula is C11H10F2N4OS. The summed E-state index contributed by atoms with van der Waals surface area (Å²) in [5.41, 5.74) is 0. The summed E-state index contributed by atoms with van der Waals surface area (Å²) in [6.07, 6.45) is 1.34. The van der Waals surface area contributed by atoms with E-state index in [9.17, 15) is 13.6 Å². The number of aromatic amines is 1. The molecule has 100 valence electrons. The van der Waals surface area contributed by atoms with Gasteiger partial charge in [-0.25, -0.2) is 13.8 Å². The van der Waals surface area contributed by atoms with Crippen molar-refractivity contribution in [2.75, 3.05) is 5.75 Å². The predicted octanol–water partition coefficient (Wildman–Crippen LogP) is 1.49. The lowest BCUT2D eigenvalue weighted by molar-refractivity contribution is -0.118. The number of hydrogen-bond acceptors (Lipinski definition) is 4. The van der Waals surface area contributed by atoms with Crippen molar-refractivity contribution in [2.24, 2.45) is 0 Å². The van der Waals surface area contributed by atoms with Gasteiger partial charge >= 0.3 is 0 Å². The Labute approximate surface area is 111 Å². The molecule has 0 unspecified atom stereocenters. The molecule has 0 aliphatic carbocycles. The number of thioether (sulfide) groups is 1. The maximum atomic E-state index is 13.3. The molecule has 1 aromatic carbocycles. The molecule has 0 aliphatic heterocycles. The Kier molecular flexibility index (Phi) is 4.45. The third-order valence-corrected chi connectivity index (χ3v) is 3.22. The van der Waals surface area contributed by atoms with Crippen molar-refractivity contribution in [1.29, 1.82) is 0 Å². The van der Waals surface area contributed by atoms with E-state index < -0.39 is 11.6 Å². The van der Waals surface area contributed by atoms with Gasteiger partial charge < -0.3 is 5.32 Å². The number of amides is 1. The number of benzene rings is 1. The zero-order valence-corrected chi connectivity index (χ0v) is 10.5. The van der Waals surface area contributed by atoms with Gasteiger partial charge in [0, 0.05) is 11.0 Å². The zero-order chi connectivity index (χ0) is 13.7. The normalized spacial score (nSPS) is 10.4. The Morgan fingerprint density at radius 2 is 2.26 bits per heavy atom. The first-order chi connectivity index (χ1) is 9.15. The first-order valence-electron chi connectivity index (χ1n) is 5.34. The molecule has 1 heterocycles. The van der Waals surface area contributed by atoms with Crippen LogP contribution >= 0.6 is 11.8 Å². The highest BCUT2D eigenvalue weighted by Gasteiger charge is 2.08. The number of rotatable bonds is 5. The topological polar surface area (TPSA) is 70.7 Å². The highest BCUT2D eigenvalue weighted by atomic mass is 32.2. The standard InChI is InChI=1S/C11H10F2N4OS/c12-7-1-2-9(8(13)3-7)19-5-11(18)14-4-10-15-6-16-17-10/h1-3,6H,4-5H2,(H,14,18)(H,15,16,17). The van der Waals surface area contributed by atoms with E-state index in [4.69, 9.17) is 0 Å². The molecule has 0 saturated carbocycles. The van der Waals surface area contributed by atoms with Crippen LogP contribution in [0.4, 0.5) is 8.78 Å². The van der Waals surface area contributed by atoms with Crippen molar-refractivity contribution >= 4 is 17.7 Å². The Morgan fingerprint density at radius 1 is 1.42 bits per heavy atom. The number of carbonyl (C=O) groups excluding carboxylic acids is 1. The second-order valence-corrected chi connectivity index (χ2v) is 4.59. The molecule has 5 nitrogen and oxygen atoms in total. The molecule has 1 amide bonds. The number of carbonyl (C=O) groups is 1. The van der Waals surface area contributed by atoms with E-state index in [-0.39, 0.29) is 23.1 Å². The average Bonchev–Trinajstić information content (AvgIpc) is 2.88. The second kappa shape index (κ2) is 6.28. The van der Waals surface area contributed by atoms with Crippen molar-refractivity contribution < 1.29 is 13.6 Å². The Morgan fingerprint density at radius 3 is 2.95 bits per heavy atom. The molecule has 0 bridgehead atoms. The molecule has 8 heteroatoms. The van der Waals surface area contributed by atoms with Gasteiger partial charge in [-0.15, -0.1) is 11.8 Å².